The summed E-state index contributed by atoms with van der Waals surface area (Å²) in [7, 11) is 0. The molecule has 0 saturated heterocycles. The van der Waals surface area contributed by atoms with E-state index < -0.39 is 0 Å². The van der Waals surface area contributed by atoms with Crippen molar-refractivity contribution in [3.63, 3.8) is 0 Å². The molecule has 0 saturated carbocycles. The third kappa shape index (κ3) is 1.68. The number of benzene rings is 1. The van der Waals surface area contributed by atoms with Crippen molar-refractivity contribution in [1.29, 1.82) is 5.26 Å². The lowest BCUT2D eigenvalue weighted by Gasteiger charge is -2.00. The van der Waals surface area contributed by atoms with Crippen LogP contribution in [0.3, 0.4) is 0 Å². The van der Waals surface area contributed by atoms with Gasteiger partial charge in [0.15, 0.2) is 11.5 Å². The van der Waals surface area contributed by atoms with Crippen molar-refractivity contribution < 1.29 is 0 Å². The molecule has 1 aromatic carbocycles. The Bertz CT molecular complexity index is 1020. The molecule has 0 unspecified atom stereocenters. The van der Waals surface area contributed by atoms with Crippen molar-refractivity contribution in [2.45, 2.75) is 6.92 Å². The molecule has 0 aliphatic carbocycles. The van der Waals surface area contributed by atoms with Crippen LogP contribution in [-0.2, 0) is 0 Å². The molecule has 6 heteroatoms. The number of aromatic amines is 1. The van der Waals surface area contributed by atoms with Gasteiger partial charge in [-0.15, -0.1) is 10.2 Å². The number of pyridine rings is 1. The highest BCUT2D eigenvalue weighted by Crippen LogP contribution is 2.24. The molecule has 0 bridgehead atoms. The molecular weight excluding hydrogens is 264 g/mol. The van der Waals surface area contributed by atoms with Gasteiger partial charge in [-0.05, 0) is 31.2 Å². The summed E-state index contributed by atoms with van der Waals surface area (Å²) in [6, 6.07) is 11.5. The first kappa shape index (κ1) is 11.6. The zero-order valence-electron chi connectivity index (χ0n) is 11.2. The molecule has 21 heavy (non-hydrogen) atoms. The molecular formula is C15H10N6. The number of hydrogen-bond donors (Lipinski definition) is 1. The predicted octanol–water partition coefficient (Wildman–Crippen LogP) is 2.45. The molecule has 6 nitrogen and oxygen atoms in total. The molecule has 0 amide bonds. The van der Waals surface area contributed by atoms with Gasteiger partial charge in [0.25, 0.3) is 0 Å². The number of rotatable bonds is 1. The average Bonchev–Trinajstić information content (AvgIpc) is 3.10. The van der Waals surface area contributed by atoms with E-state index >= 15 is 0 Å². The van der Waals surface area contributed by atoms with Crippen molar-refractivity contribution in [2.24, 2.45) is 0 Å². The van der Waals surface area contributed by atoms with Crippen LogP contribution >= 0.6 is 0 Å². The topological polar surface area (TPSA) is 82.7 Å². The van der Waals surface area contributed by atoms with E-state index in [9.17, 15) is 0 Å². The number of aryl methyl sites for hydroxylation is 1. The number of nitrogens with zero attached hydrogens (tertiary/aromatic N) is 5. The van der Waals surface area contributed by atoms with Crippen LogP contribution in [0.2, 0.25) is 0 Å². The normalized spacial score (nSPS) is 11.0. The number of nitriles is 1. The van der Waals surface area contributed by atoms with Crippen LogP contribution in [0.15, 0.2) is 36.5 Å². The van der Waals surface area contributed by atoms with Crippen LogP contribution in [0.5, 0.6) is 0 Å². The molecule has 0 aliphatic heterocycles. The van der Waals surface area contributed by atoms with Crippen LogP contribution in [0.4, 0.5) is 0 Å². The standard InChI is InChI=1S/C15H10N6/c1-9-12-7-11(2-3-13(12)18-17-9)15-20-19-14-6-10(8-16)4-5-21(14)15/h2-7H,1H3,(H,17,18). The molecule has 0 aliphatic rings. The SMILES string of the molecule is Cc1[nH]nc2ccc(-c3nnc4cc(C#N)ccn34)cc12. The second-order valence-electron chi connectivity index (χ2n) is 4.86. The summed E-state index contributed by atoms with van der Waals surface area (Å²) in [6.45, 7) is 1.99. The van der Waals surface area contributed by atoms with Crippen LogP contribution < -0.4 is 0 Å². The van der Waals surface area contributed by atoms with Crippen molar-refractivity contribution in [3.8, 4) is 17.5 Å². The van der Waals surface area contributed by atoms with E-state index in [1.807, 2.05) is 35.7 Å². The minimum atomic E-state index is 0.572. The van der Waals surface area contributed by atoms with Crippen LogP contribution in [0.25, 0.3) is 27.9 Å². The Balaban J connectivity index is 1.95. The van der Waals surface area contributed by atoms with E-state index in [0.29, 0.717) is 11.2 Å². The molecule has 0 fully saturated rings. The molecule has 1 N–H and O–H groups in total. The van der Waals surface area contributed by atoms with Crippen LogP contribution in [0.1, 0.15) is 11.3 Å². The molecule has 0 radical (unpaired) electrons. The summed E-state index contributed by atoms with van der Waals surface area (Å²) >= 11 is 0. The minimum absolute atomic E-state index is 0.572. The largest absolute Gasteiger partial charge is 0.282 e. The summed E-state index contributed by atoms with van der Waals surface area (Å²) in [5.41, 5.74) is 4.14. The van der Waals surface area contributed by atoms with Crippen molar-refractivity contribution in [1.82, 2.24) is 24.8 Å². The van der Waals surface area contributed by atoms with Crippen molar-refractivity contribution >= 4 is 16.6 Å². The highest BCUT2D eigenvalue weighted by atomic mass is 15.2. The first-order chi connectivity index (χ1) is 10.3. The van der Waals surface area contributed by atoms with E-state index in [2.05, 4.69) is 26.5 Å². The lowest BCUT2D eigenvalue weighted by Crippen LogP contribution is -1.90. The van der Waals surface area contributed by atoms with Gasteiger partial charge in [-0.1, -0.05) is 0 Å². The van der Waals surface area contributed by atoms with Gasteiger partial charge in [-0.25, -0.2) is 0 Å². The second kappa shape index (κ2) is 4.15. The van der Waals surface area contributed by atoms with Crippen LogP contribution in [-0.4, -0.2) is 24.8 Å². The maximum Gasteiger partial charge on any atom is 0.168 e. The van der Waals surface area contributed by atoms with E-state index in [1.165, 1.54) is 0 Å². The van der Waals surface area contributed by atoms with Crippen molar-refractivity contribution in [3.05, 3.63) is 47.8 Å². The van der Waals surface area contributed by atoms with Crippen molar-refractivity contribution in [2.75, 3.05) is 0 Å². The first-order valence-corrected chi connectivity index (χ1v) is 6.46. The number of H-pyrrole nitrogens is 1. The molecule has 100 valence electrons. The van der Waals surface area contributed by atoms with Gasteiger partial charge >= 0.3 is 0 Å². The van der Waals surface area contributed by atoms with Gasteiger partial charge in [-0.3, -0.25) is 9.50 Å². The van der Waals surface area contributed by atoms with Gasteiger partial charge in [-0.2, -0.15) is 10.4 Å². The Kier molecular flexibility index (Phi) is 2.29. The molecule has 4 rings (SSSR count). The predicted molar refractivity (Wildman–Crippen MR) is 77.5 cm³/mol. The third-order valence-corrected chi connectivity index (χ3v) is 3.54. The van der Waals surface area contributed by atoms with E-state index in [0.717, 1.165) is 28.0 Å². The fourth-order valence-electron chi connectivity index (χ4n) is 2.43. The van der Waals surface area contributed by atoms with Gasteiger partial charge in [0.1, 0.15) is 0 Å². The third-order valence-electron chi connectivity index (χ3n) is 3.54. The Morgan fingerprint density at radius 2 is 2.10 bits per heavy atom. The monoisotopic (exact) mass is 274 g/mol. The summed E-state index contributed by atoms with van der Waals surface area (Å²) in [5.74, 6) is 0.747. The Morgan fingerprint density at radius 1 is 1.19 bits per heavy atom. The minimum Gasteiger partial charge on any atom is -0.282 e. The Labute approximate surface area is 119 Å². The zero-order valence-corrected chi connectivity index (χ0v) is 11.2. The smallest absolute Gasteiger partial charge is 0.168 e. The summed E-state index contributed by atoms with van der Waals surface area (Å²) in [4.78, 5) is 0. The number of hydrogen-bond acceptors (Lipinski definition) is 4. The fourth-order valence-corrected chi connectivity index (χ4v) is 2.43. The summed E-state index contributed by atoms with van der Waals surface area (Å²) in [5, 5.41) is 25.6. The highest BCUT2D eigenvalue weighted by molar-refractivity contribution is 5.85. The second-order valence-corrected chi connectivity index (χ2v) is 4.86. The lowest BCUT2D eigenvalue weighted by atomic mass is 10.1. The zero-order chi connectivity index (χ0) is 14.4. The fraction of sp³-hybridized carbons (Fsp3) is 0.0667. The molecule has 3 aromatic heterocycles. The first-order valence-electron chi connectivity index (χ1n) is 6.46. The van der Waals surface area contributed by atoms with Gasteiger partial charge < -0.3 is 0 Å². The quantitative estimate of drug-likeness (QED) is 0.578. The Hall–Kier alpha value is -3.20. The molecule has 0 atom stereocenters. The molecule has 4 aromatic rings. The number of nitrogens with one attached hydrogen (secondary N) is 1. The number of fused-ring (bicyclic) bond motifs is 2. The molecule has 3 heterocycles. The van der Waals surface area contributed by atoms with Gasteiger partial charge in [0, 0.05) is 28.9 Å². The average molecular weight is 274 g/mol. The van der Waals surface area contributed by atoms with Gasteiger partial charge in [0.05, 0.1) is 17.1 Å². The Morgan fingerprint density at radius 3 is 2.95 bits per heavy atom. The maximum atomic E-state index is 8.93. The van der Waals surface area contributed by atoms with E-state index in [4.69, 9.17) is 5.26 Å². The van der Waals surface area contributed by atoms with Gasteiger partial charge in [0.2, 0.25) is 0 Å². The summed E-state index contributed by atoms with van der Waals surface area (Å²) in [6.07, 6.45) is 1.82. The molecule has 0 spiro atoms. The summed E-state index contributed by atoms with van der Waals surface area (Å²) < 4.78 is 1.87. The maximum absolute atomic E-state index is 8.93. The van der Waals surface area contributed by atoms with E-state index in [-0.39, 0.29) is 0 Å². The highest BCUT2D eigenvalue weighted by Gasteiger charge is 2.10. The number of aromatic nitrogens is 5. The lowest BCUT2D eigenvalue weighted by molar-refractivity contribution is 1.07. The van der Waals surface area contributed by atoms with Crippen LogP contribution in [0, 0.1) is 18.3 Å². The van der Waals surface area contributed by atoms with E-state index in [1.54, 1.807) is 12.1 Å².